The molecule has 2 saturated heterocycles. The molecule has 11 heteroatoms. The SMILES string of the molecule is Cc1ccc(S(=O)(=O)NC(Cc2ccccc2)C(=O)NCc2cccc(-c3cccc(C4OC(CN5CCN(Cc6ccccc6)CC5)C(C)C(c5ccc(CO)cc5)O4)c3)c2)cc1. The summed E-state index contributed by atoms with van der Waals surface area (Å²) in [4.78, 5) is 18.9. The molecule has 0 radical (unpaired) electrons. The highest BCUT2D eigenvalue weighted by Gasteiger charge is 2.39. The Hall–Kier alpha value is -5.50. The van der Waals surface area contributed by atoms with E-state index in [0.29, 0.717) is 0 Å². The van der Waals surface area contributed by atoms with Gasteiger partial charge in [-0.3, -0.25) is 14.6 Å². The topological polar surface area (TPSA) is 120 Å². The van der Waals surface area contributed by atoms with E-state index in [2.05, 4.69) is 81.4 Å². The molecule has 332 valence electrons. The molecule has 2 heterocycles. The molecule has 5 unspecified atom stereocenters. The van der Waals surface area contributed by atoms with Crippen LogP contribution in [0.3, 0.4) is 0 Å². The number of piperazine rings is 1. The van der Waals surface area contributed by atoms with Crippen molar-refractivity contribution in [1.29, 1.82) is 0 Å². The number of hydrogen-bond acceptors (Lipinski definition) is 8. The van der Waals surface area contributed by atoms with Gasteiger partial charge >= 0.3 is 0 Å². The summed E-state index contributed by atoms with van der Waals surface area (Å²) in [6, 6.07) is 49.8. The maximum atomic E-state index is 13.8. The van der Waals surface area contributed by atoms with Crippen molar-refractivity contribution in [2.75, 3.05) is 32.7 Å². The zero-order chi connectivity index (χ0) is 44.5. The Morgan fingerprint density at radius 2 is 1.31 bits per heavy atom. The molecule has 2 aliphatic heterocycles. The van der Waals surface area contributed by atoms with Crippen LogP contribution in [0.25, 0.3) is 11.1 Å². The second-order valence-electron chi connectivity index (χ2n) is 17.1. The maximum Gasteiger partial charge on any atom is 0.241 e. The van der Waals surface area contributed by atoms with Crippen molar-refractivity contribution >= 4 is 15.9 Å². The largest absolute Gasteiger partial charge is 0.392 e. The number of nitrogens with one attached hydrogen (secondary N) is 2. The monoisotopic (exact) mass is 878 g/mol. The number of carbonyl (C=O) groups is 1. The Balaban J connectivity index is 0.965. The van der Waals surface area contributed by atoms with Crippen LogP contribution < -0.4 is 10.0 Å². The summed E-state index contributed by atoms with van der Waals surface area (Å²) in [7, 11) is -3.97. The van der Waals surface area contributed by atoms with Crippen molar-refractivity contribution in [3.63, 3.8) is 0 Å². The predicted octanol–water partition coefficient (Wildman–Crippen LogP) is 7.97. The van der Waals surface area contributed by atoms with Crippen molar-refractivity contribution < 1.29 is 27.8 Å². The average Bonchev–Trinajstić information content (AvgIpc) is 3.33. The smallest absolute Gasteiger partial charge is 0.241 e. The van der Waals surface area contributed by atoms with Gasteiger partial charge in [-0.2, -0.15) is 4.72 Å². The molecule has 2 fully saturated rings. The summed E-state index contributed by atoms with van der Waals surface area (Å²) in [6.45, 7) is 9.94. The minimum Gasteiger partial charge on any atom is -0.392 e. The third kappa shape index (κ3) is 11.6. The average molecular weight is 879 g/mol. The molecule has 6 aromatic carbocycles. The van der Waals surface area contributed by atoms with Gasteiger partial charge in [-0.15, -0.1) is 0 Å². The van der Waals surface area contributed by atoms with Crippen LogP contribution in [0.1, 0.15) is 58.3 Å². The lowest BCUT2D eigenvalue weighted by Gasteiger charge is -2.44. The highest BCUT2D eigenvalue weighted by atomic mass is 32.2. The zero-order valence-electron chi connectivity index (χ0n) is 36.6. The summed E-state index contributed by atoms with van der Waals surface area (Å²) < 4.78 is 43.3. The Bertz CT molecular complexity index is 2550. The van der Waals surface area contributed by atoms with Crippen LogP contribution in [-0.2, 0) is 50.4 Å². The van der Waals surface area contributed by atoms with E-state index in [0.717, 1.165) is 83.8 Å². The number of aliphatic hydroxyl groups is 1. The fourth-order valence-corrected chi connectivity index (χ4v) is 9.80. The molecule has 5 atom stereocenters. The molecule has 10 nitrogen and oxygen atoms in total. The normalized spacial score (nSPS) is 20.1. The second-order valence-corrected chi connectivity index (χ2v) is 18.8. The minimum atomic E-state index is -3.97. The first kappa shape index (κ1) is 45.1. The Morgan fingerprint density at radius 1 is 0.688 bits per heavy atom. The molecule has 3 N–H and O–H groups in total. The van der Waals surface area contributed by atoms with Crippen LogP contribution in [-0.4, -0.2) is 74.1 Å². The lowest BCUT2D eigenvalue weighted by atomic mass is 9.89. The van der Waals surface area contributed by atoms with E-state index in [1.807, 2.05) is 85.8 Å². The molecule has 8 rings (SSSR count). The van der Waals surface area contributed by atoms with Gasteiger partial charge in [0, 0.05) is 57.3 Å². The molecule has 64 heavy (non-hydrogen) atoms. The lowest BCUT2D eigenvalue weighted by molar-refractivity contribution is -0.276. The van der Waals surface area contributed by atoms with E-state index < -0.39 is 28.3 Å². The Kier molecular flexibility index (Phi) is 14.8. The van der Waals surface area contributed by atoms with E-state index in [4.69, 9.17) is 9.47 Å². The number of amides is 1. The van der Waals surface area contributed by atoms with Gasteiger partial charge in [0.25, 0.3) is 0 Å². The van der Waals surface area contributed by atoms with Crippen LogP contribution in [0.2, 0.25) is 0 Å². The first-order chi connectivity index (χ1) is 31.1. The van der Waals surface area contributed by atoms with E-state index in [1.165, 1.54) is 5.56 Å². The standard InChI is InChI=1S/C53H58N4O6S/c1-38-19-25-48(26-20-38)64(60,61)55-49(32-40-11-5-3-6-12-40)52(59)54-34-43-15-9-16-45(31-43)46-17-10-18-47(33-46)53-62-50(39(2)51(63-53)44-23-21-42(37-58)22-24-44)36-57-29-27-56(28-30-57)35-41-13-7-4-8-14-41/h3-26,31,33,39,49-51,53,55,58H,27-30,32,34-37H2,1-2H3,(H,54,59). The summed E-state index contributed by atoms with van der Waals surface area (Å²) in [5.41, 5.74) is 8.72. The van der Waals surface area contributed by atoms with E-state index in [-0.39, 0.29) is 42.6 Å². The molecule has 0 spiro atoms. The third-order valence-corrected chi connectivity index (χ3v) is 13.9. The van der Waals surface area contributed by atoms with Crippen LogP contribution in [0, 0.1) is 12.8 Å². The van der Waals surface area contributed by atoms with Gasteiger partial charge in [-0.05, 0) is 76.6 Å². The molecule has 1 amide bonds. The van der Waals surface area contributed by atoms with Gasteiger partial charge in [-0.1, -0.05) is 146 Å². The van der Waals surface area contributed by atoms with E-state index in [9.17, 15) is 18.3 Å². The number of aryl methyl sites for hydroxylation is 1. The summed E-state index contributed by atoms with van der Waals surface area (Å²) in [6.07, 6.45) is -0.741. The van der Waals surface area contributed by atoms with Gasteiger partial charge in [0.1, 0.15) is 6.04 Å². The van der Waals surface area contributed by atoms with E-state index >= 15 is 0 Å². The van der Waals surface area contributed by atoms with Gasteiger partial charge < -0.3 is 19.9 Å². The van der Waals surface area contributed by atoms with Gasteiger partial charge in [0.15, 0.2) is 6.29 Å². The molecular weight excluding hydrogens is 821 g/mol. The number of carbonyl (C=O) groups excluding carboxylic acids is 1. The van der Waals surface area contributed by atoms with Crippen LogP contribution in [0.4, 0.5) is 0 Å². The van der Waals surface area contributed by atoms with Crippen molar-refractivity contribution in [2.24, 2.45) is 5.92 Å². The van der Waals surface area contributed by atoms with Crippen molar-refractivity contribution in [1.82, 2.24) is 19.8 Å². The highest BCUT2D eigenvalue weighted by Crippen LogP contribution is 2.42. The first-order valence-corrected chi connectivity index (χ1v) is 23.7. The summed E-state index contributed by atoms with van der Waals surface area (Å²) >= 11 is 0. The van der Waals surface area contributed by atoms with Crippen molar-refractivity contribution in [3.8, 4) is 11.1 Å². The molecule has 0 aliphatic carbocycles. The molecule has 2 aliphatic rings. The zero-order valence-corrected chi connectivity index (χ0v) is 37.4. The quantitative estimate of drug-likeness (QED) is 0.0897. The number of benzene rings is 6. The molecule has 0 saturated carbocycles. The fraction of sp³-hybridized carbons (Fsp3) is 0.302. The molecule has 0 aromatic heterocycles. The molecule has 6 aromatic rings. The van der Waals surface area contributed by atoms with Gasteiger partial charge in [0.2, 0.25) is 15.9 Å². The number of rotatable bonds is 16. The molecule has 0 bridgehead atoms. The fourth-order valence-electron chi connectivity index (χ4n) is 8.60. The summed E-state index contributed by atoms with van der Waals surface area (Å²) in [5, 5.41) is 12.7. The minimum absolute atomic E-state index is 0.0167. The first-order valence-electron chi connectivity index (χ1n) is 22.2. The maximum absolute atomic E-state index is 13.8. The van der Waals surface area contributed by atoms with Gasteiger partial charge in [-0.25, -0.2) is 8.42 Å². The second kappa shape index (κ2) is 21.0. The number of sulfonamides is 1. The van der Waals surface area contributed by atoms with Crippen LogP contribution in [0.5, 0.6) is 0 Å². The number of hydrogen-bond donors (Lipinski definition) is 3. The lowest BCUT2D eigenvalue weighted by Crippen LogP contribution is -2.51. The van der Waals surface area contributed by atoms with Crippen LogP contribution >= 0.6 is 0 Å². The van der Waals surface area contributed by atoms with E-state index in [1.54, 1.807) is 24.3 Å². The molecular formula is C53H58N4O6S. The Labute approximate surface area is 377 Å². The van der Waals surface area contributed by atoms with Crippen molar-refractivity contribution in [3.05, 3.63) is 197 Å². The third-order valence-electron chi connectivity index (χ3n) is 12.4. The Morgan fingerprint density at radius 3 is 2.00 bits per heavy atom. The number of ether oxygens (including phenoxy) is 2. The highest BCUT2D eigenvalue weighted by molar-refractivity contribution is 7.89. The number of nitrogens with zero attached hydrogens (tertiary/aromatic N) is 2. The van der Waals surface area contributed by atoms with Gasteiger partial charge in [0.05, 0.1) is 23.7 Å². The summed E-state index contributed by atoms with van der Waals surface area (Å²) in [5.74, 6) is -0.351. The number of aliphatic hydroxyl groups excluding tert-OH is 1. The van der Waals surface area contributed by atoms with Crippen LogP contribution in [0.15, 0.2) is 163 Å². The predicted molar refractivity (Wildman–Crippen MR) is 250 cm³/mol. The van der Waals surface area contributed by atoms with Crippen molar-refractivity contribution in [2.45, 2.75) is 69.4 Å².